The van der Waals surface area contributed by atoms with Crippen LogP contribution < -0.4 is 16.0 Å². The molecule has 0 bridgehead atoms. The van der Waals surface area contributed by atoms with Gasteiger partial charge < -0.3 is 15.4 Å². The second kappa shape index (κ2) is 12.6. The monoisotopic (exact) mass is 528 g/mol. The number of rotatable bonds is 9. The van der Waals surface area contributed by atoms with Gasteiger partial charge in [-0.3, -0.25) is 19.8 Å². The molecule has 1 heterocycles. The van der Waals surface area contributed by atoms with Gasteiger partial charge >= 0.3 is 6.09 Å². The van der Waals surface area contributed by atoms with Gasteiger partial charge in [0.25, 0.3) is 0 Å². The second-order valence-corrected chi connectivity index (χ2v) is 11.8. The summed E-state index contributed by atoms with van der Waals surface area (Å²) in [4.78, 5) is 40.4. The second-order valence-electron chi connectivity index (χ2n) is 10.9. The van der Waals surface area contributed by atoms with Crippen molar-refractivity contribution in [1.29, 1.82) is 0 Å². The molecular weight excluding hydrogens is 488 g/mol. The third-order valence-corrected chi connectivity index (χ3v) is 7.70. The number of nitrogens with zero attached hydrogens (tertiary/aromatic N) is 1. The number of nitrogens with one attached hydrogen (secondary N) is 3. The zero-order valence-electron chi connectivity index (χ0n) is 22.6. The van der Waals surface area contributed by atoms with Crippen LogP contribution in [-0.4, -0.2) is 48.5 Å². The highest BCUT2D eigenvalue weighted by atomic mass is 32.1. The first-order valence-electron chi connectivity index (χ1n) is 12.9. The van der Waals surface area contributed by atoms with Crippen LogP contribution in [0.2, 0.25) is 0 Å². The van der Waals surface area contributed by atoms with Crippen molar-refractivity contribution in [3.05, 3.63) is 46.7 Å². The number of anilines is 2. The van der Waals surface area contributed by atoms with E-state index in [0.29, 0.717) is 24.2 Å². The lowest BCUT2D eigenvalue weighted by atomic mass is 9.77. The summed E-state index contributed by atoms with van der Waals surface area (Å²) >= 11 is 1.80. The summed E-state index contributed by atoms with van der Waals surface area (Å²) in [7, 11) is 4.28. The zero-order valence-corrected chi connectivity index (χ0v) is 23.4. The van der Waals surface area contributed by atoms with Gasteiger partial charge in [0.15, 0.2) is 0 Å². The Labute approximate surface area is 224 Å². The highest BCUT2D eigenvalue weighted by Crippen LogP contribution is 2.43. The van der Waals surface area contributed by atoms with E-state index in [1.54, 1.807) is 56.4 Å². The molecule has 37 heavy (non-hydrogen) atoms. The molecule has 1 aromatic carbocycles. The summed E-state index contributed by atoms with van der Waals surface area (Å²) in [5.74, 6) is -0.145. The van der Waals surface area contributed by atoms with Gasteiger partial charge in [-0.05, 0) is 103 Å². The van der Waals surface area contributed by atoms with E-state index in [1.165, 1.54) is 4.88 Å². The molecule has 9 heteroatoms. The molecule has 1 aliphatic rings. The van der Waals surface area contributed by atoms with Crippen LogP contribution in [0.4, 0.5) is 16.2 Å². The Balaban J connectivity index is 1.35. The van der Waals surface area contributed by atoms with Gasteiger partial charge in [0, 0.05) is 35.1 Å². The maximum Gasteiger partial charge on any atom is 0.412 e. The van der Waals surface area contributed by atoms with Crippen LogP contribution in [0.25, 0.3) is 0 Å². The highest BCUT2D eigenvalue weighted by Gasteiger charge is 2.39. The molecule has 8 nitrogen and oxygen atoms in total. The Bertz CT molecular complexity index is 1040. The lowest BCUT2D eigenvalue weighted by Gasteiger charge is -2.44. The Morgan fingerprint density at radius 2 is 1.57 bits per heavy atom. The van der Waals surface area contributed by atoms with E-state index in [0.717, 1.165) is 25.7 Å². The molecule has 0 aliphatic heterocycles. The normalized spacial score (nSPS) is 19.8. The van der Waals surface area contributed by atoms with Gasteiger partial charge in [0.05, 0.1) is 5.54 Å². The molecule has 0 atom stereocenters. The Morgan fingerprint density at radius 3 is 2.11 bits per heavy atom. The van der Waals surface area contributed by atoms with Crippen molar-refractivity contribution in [2.75, 3.05) is 24.7 Å². The molecule has 1 aliphatic carbocycles. The molecule has 3 amide bonds. The van der Waals surface area contributed by atoms with Gasteiger partial charge in [0.2, 0.25) is 11.8 Å². The summed E-state index contributed by atoms with van der Waals surface area (Å²) in [5, 5.41) is 10.8. The minimum absolute atomic E-state index is 0.00356. The fourth-order valence-electron chi connectivity index (χ4n) is 4.69. The first kappa shape index (κ1) is 28.7. The maximum atomic E-state index is 12.5. The van der Waals surface area contributed by atoms with Crippen molar-refractivity contribution in [2.45, 2.75) is 82.9 Å². The van der Waals surface area contributed by atoms with Crippen LogP contribution in [0.3, 0.4) is 0 Å². The van der Waals surface area contributed by atoms with Gasteiger partial charge in [-0.2, -0.15) is 0 Å². The predicted molar refractivity (Wildman–Crippen MR) is 149 cm³/mol. The quantitative estimate of drug-likeness (QED) is 0.387. The summed E-state index contributed by atoms with van der Waals surface area (Å²) in [5.41, 5.74) is 0.677. The molecule has 3 rings (SSSR count). The predicted octanol–water partition coefficient (Wildman–Crippen LogP) is 5.72. The smallest absolute Gasteiger partial charge is 0.412 e. The molecule has 3 N–H and O–H groups in total. The van der Waals surface area contributed by atoms with E-state index in [1.807, 2.05) is 0 Å². The van der Waals surface area contributed by atoms with Crippen LogP contribution in [-0.2, 0) is 19.9 Å². The Hall–Kier alpha value is -2.91. The number of thiophene rings is 1. The summed E-state index contributed by atoms with van der Waals surface area (Å²) < 4.78 is 5.23. The number of carbonyl (C=O) groups excluding carboxylic acids is 3. The van der Waals surface area contributed by atoms with Gasteiger partial charge in [-0.15, -0.1) is 11.3 Å². The zero-order chi connectivity index (χ0) is 27.1. The summed E-state index contributed by atoms with van der Waals surface area (Å²) in [6, 6.07) is 11.3. The minimum atomic E-state index is -0.576. The van der Waals surface area contributed by atoms with Crippen LogP contribution in [0.5, 0.6) is 0 Å². The number of carbonyl (C=O) groups is 3. The molecule has 2 aromatic rings. The molecular formula is C28H40N4O4S. The molecule has 0 spiro atoms. The first-order valence-corrected chi connectivity index (χ1v) is 13.8. The summed E-state index contributed by atoms with van der Waals surface area (Å²) in [6.45, 7) is 5.39. The van der Waals surface area contributed by atoms with E-state index < -0.39 is 11.7 Å². The number of benzene rings is 1. The fourth-order valence-corrected chi connectivity index (χ4v) is 5.76. The lowest BCUT2D eigenvalue weighted by Crippen LogP contribution is -2.48. The first-order chi connectivity index (χ1) is 17.5. The Morgan fingerprint density at radius 1 is 0.973 bits per heavy atom. The van der Waals surface area contributed by atoms with Crippen LogP contribution in [0.1, 0.15) is 70.6 Å². The SMILES string of the molecule is CN(C)C1(c2cccs2)CCC(NC(=O)CCCC(=O)Nc2ccc(NC(=O)OC(C)(C)C)cc2)CC1. The number of hydrogen-bond acceptors (Lipinski definition) is 6. The third-order valence-electron chi connectivity index (χ3n) is 6.64. The van der Waals surface area contributed by atoms with E-state index in [2.05, 4.69) is 52.5 Å². The maximum absolute atomic E-state index is 12.5. The number of ether oxygens (including phenoxy) is 1. The third kappa shape index (κ3) is 8.57. The highest BCUT2D eigenvalue weighted by molar-refractivity contribution is 7.10. The largest absolute Gasteiger partial charge is 0.444 e. The van der Waals surface area contributed by atoms with Crippen molar-refractivity contribution in [1.82, 2.24) is 10.2 Å². The summed E-state index contributed by atoms with van der Waals surface area (Å²) in [6.07, 6.45) is 4.46. The van der Waals surface area contributed by atoms with Crippen LogP contribution in [0, 0.1) is 0 Å². The molecule has 1 aromatic heterocycles. The topological polar surface area (TPSA) is 99.8 Å². The van der Waals surface area contributed by atoms with Crippen molar-refractivity contribution in [2.24, 2.45) is 0 Å². The minimum Gasteiger partial charge on any atom is -0.444 e. The van der Waals surface area contributed by atoms with Gasteiger partial charge in [-0.1, -0.05) is 6.07 Å². The molecule has 0 saturated heterocycles. The number of amides is 3. The Kier molecular flexibility index (Phi) is 9.73. The van der Waals surface area contributed by atoms with E-state index >= 15 is 0 Å². The number of hydrogen-bond donors (Lipinski definition) is 3. The van der Waals surface area contributed by atoms with E-state index in [4.69, 9.17) is 4.74 Å². The van der Waals surface area contributed by atoms with Crippen molar-refractivity contribution in [3.63, 3.8) is 0 Å². The van der Waals surface area contributed by atoms with Gasteiger partial charge in [-0.25, -0.2) is 4.79 Å². The van der Waals surface area contributed by atoms with Crippen molar-refractivity contribution >= 4 is 40.6 Å². The molecule has 1 saturated carbocycles. The standard InChI is InChI=1S/C28H40N4O4S/c1-27(2,3)36-26(35)31-21-13-11-20(12-14-21)29-24(33)9-6-10-25(34)30-22-15-17-28(18-16-22,32(4)5)23-8-7-19-37-23/h7-8,11-14,19,22H,6,9-10,15-18H2,1-5H3,(H,29,33)(H,30,34)(H,31,35). The molecule has 202 valence electrons. The van der Waals surface area contributed by atoms with Crippen molar-refractivity contribution in [3.8, 4) is 0 Å². The molecule has 0 radical (unpaired) electrons. The van der Waals surface area contributed by atoms with Gasteiger partial charge in [0.1, 0.15) is 5.60 Å². The fraction of sp³-hybridized carbons (Fsp3) is 0.536. The van der Waals surface area contributed by atoms with Crippen LogP contribution >= 0.6 is 11.3 Å². The average molecular weight is 529 g/mol. The van der Waals surface area contributed by atoms with E-state index in [-0.39, 0.29) is 29.8 Å². The van der Waals surface area contributed by atoms with Crippen LogP contribution in [0.15, 0.2) is 41.8 Å². The van der Waals surface area contributed by atoms with Crippen molar-refractivity contribution < 1.29 is 19.1 Å². The molecule has 0 unspecified atom stereocenters. The average Bonchev–Trinajstić information content (AvgIpc) is 3.35. The van der Waals surface area contributed by atoms with E-state index in [9.17, 15) is 14.4 Å². The lowest BCUT2D eigenvalue weighted by molar-refractivity contribution is -0.122. The molecule has 1 fully saturated rings.